The molecule has 0 aromatic rings. The molecule has 6 nitrogen and oxygen atoms in total. The molecule has 110 valence electrons. The molecule has 1 saturated heterocycles. The second-order valence-electron chi connectivity index (χ2n) is 5.71. The Hall–Kier alpha value is -1.37. The van der Waals surface area contributed by atoms with Gasteiger partial charge in [-0.3, -0.25) is 4.90 Å². The minimum absolute atomic E-state index is 0.171. The molecule has 1 fully saturated rings. The third-order valence-corrected chi connectivity index (χ3v) is 2.86. The lowest BCUT2D eigenvalue weighted by atomic mass is 10.0. The van der Waals surface area contributed by atoms with E-state index >= 15 is 0 Å². The largest absolute Gasteiger partial charge is 0.467 e. The molecule has 1 heterocycles. The first-order valence-electron chi connectivity index (χ1n) is 6.08. The molecule has 1 rings (SSSR count). The highest BCUT2D eigenvalue weighted by Gasteiger charge is 2.50. The van der Waals surface area contributed by atoms with Gasteiger partial charge in [0, 0.05) is 13.0 Å². The molecule has 2 N–H and O–H groups in total. The van der Waals surface area contributed by atoms with Gasteiger partial charge in [-0.05, 0) is 20.8 Å². The summed E-state index contributed by atoms with van der Waals surface area (Å²) in [5, 5.41) is 0. The third kappa shape index (κ3) is 3.79. The number of carbonyl (C=O) groups excluding carboxylic acids is 2. The molecule has 1 aliphatic heterocycles. The average Bonchev–Trinajstić information content (AvgIpc) is 2.65. The van der Waals surface area contributed by atoms with Gasteiger partial charge in [-0.15, -0.1) is 0 Å². The van der Waals surface area contributed by atoms with Gasteiger partial charge in [0.2, 0.25) is 0 Å². The molecule has 7 heteroatoms. The van der Waals surface area contributed by atoms with Crippen LogP contribution in [0.15, 0.2) is 0 Å². The Labute approximate surface area is 112 Å². The van der Waals surface area contributed by atoms with Gasteiger partial charge in [-0.1, -0.05) is 0 Å². The van der Waals surface area contributed by atoms with E-state index in [-0.39, 0.29) is 19.5 Å². The van der Waals surface area contributed by atoms with Crippen LogP contribution in [-0.2, 0) is 14.3 Å². The zero-order chi connectivity index (χ0) is 14.8. The summed E-state index contributed by atoms with van der Waals surface area (Å²) in [7, 11) is 1.19. The summed E-state index contributed by atoms with van der Waals surface area (Å²) in [4.78, 5) is 24.6. The SMILES string of the molecule is COC(=O)C1C[C@@](F)(CN)CN1C(=O)OC(C)(C)C. The molecule has 1 amide bonds. The maximum atomic E-state index is 14.2. The number of methoxy groups -OCH3 is 1. The van der Waals surface area contributed by atoms with Crippen molar-refractivity contribution in [2.45, 2.75) is 44.5 Å². The molecule has 0 saturated carbocycles. The average molecular weight is 276 g/mol. The molecule has 0 bridgehead atoms. The number of nitrogens with two attached hydrogens (primary N) is 1. The summed E-state index contributed by atoms with van der Waals surface area (Å²) in [5.74, 6) is -0.668. The van der Waals surface area contributed by atoms with E-state index in [0.717, 1.165) is 4.90 Å². The summed E-state index contributed by atoms with van der Waals surface area (Å²) in [6, 6.07) is -0.992. The normalized spacial score (nSPS) is 27.3. The van der Waals surface area contributed by atoms with Crippen molar-refractivity contribution < 1.29 is 23.5 Å². The van der Waals surface area contributed by atoms with Crippen molar-refractivity contribution >= 4 is 12.1 Å². The van der Waals surface area contributed by atoms with Gasteiger partial charge >= 0.3 is 12.1 Å². The van der Waals surface area contributed by atoms with Crippen molar-refractivity contribution in [3.8, 4) is 0 Å². The number of hydrogen-bond donors (Lipinski definition) is 1. The van der Waals surface area contributed by atoms with Crippen molar-refractivity contribution in [3.63, 3.8) is 0 Å². The monoisotopic (exact) mass is 276 g/mol. The zero-order valence-corrected chi connectivity index (χ0v) is 11.7. The van der Waals surface area contributed by atoms with Crippen LogP contribution >= 0.6 is 0 Å². The number of amides is 1. The highest BCUT2D eigenvalue weighted by molar-refractivity contribution is 5.82. The summed E-state index contributed by atoms with van der Waals surface area (Å²) in [5.41, 5.74) is 2.85. The fourth-order valence-electron chi connectivity index (χ4n) is 1.94. The molecule has 0 radical (unpaired) electrons. The Morgan fingerprint density at radius 2 is 2.05 bits per heavy atom. The zero-order valence-electron chi connectivity index (χ0n) is 11.7. The summed E-state index contributed by atoms with van der Waals surface area (Å²) in [6.45, 7) is 4.55. The van der Waals surface area contributed by atoms with Gasteiger partial charge in [0.05, 0.1) is 13.7 Å². The van der Waals surface area contributed by atoms with Gasteiger partial charge in [-0.25, -0.2) is 14.0 Å². The number of alkyl halides is 1. The standard InChI is InChI=1S/C12H21FN2O4/c1-11(2,3)19-10(17)15-7-12(13,6-14)5-8(15)9(16)18-4/h8H,5-7,14H2,1-4H3/t8?,12-/m1/s1. The number of rotatable bonds is 2. The van der Waals surface area contributed by atoms with Crippen molar-refractivity contribution in [2.75, 3.05) is 20.2 Å². The predicted octanol–water partition coefficient (Wildman–Crippen LogP) is 0.836. The fraction of sp³-hybridized carbons (Fsp3) is 0.833. The van der Waals surface area contributed by atoms with E-state index < -0.39 is 29.4 Å². The van der Waals surface area contributed by atoms with E-state index in [0.29, 0.717) is 0 Å². The molecule has 1 unspecified atom stereocenters. The highest BCUT2D eigenvalue weighted by Crippen LogP contribution is 2.31. The Kier molecular flexibility index (Phi) is 4.39. The molecule has 0 aliphatic carbocycles. The number of hydrogen-bond acceptors (Lipinski definition) is 5. The lowest BCUT2D eigenvalue weighted by molar-refractivity contribution is -0.145. The molecule has 0 spiro atoms. The van der Waals surface area contributed by atoms with Crippen molar-refractivity contribution in [1.29, 1.82) is 0 Å². The van der Waals surface area contributed by atoms with Gasteiger partial charge < -0.3 is 15.2 Å². The van der Waals surface area contributed by atoms with E-state index in [4.69, 9.17) is 10.5 Å². The van der Waals surface area contributed by atoms with E-state index in [2.05, 4.69) is 4.74 Å². The minimum atomic E-state index is -1.78. The predicted molar refractivity (Wildman–Crippen MR) is 66.3 cm³/mol. The molecule has 0 aromatic carbocycles. The third-order valence-electron chi connectivity index (χ3n) is 2.86. The van der Waals surface area contributed by atoms with Crippen molar-refractivity contribution in [3.05, 3.63) is 0 Å². The Bertz CT molecular complexity index is 369. The van der Waals surface area contributed by atoms with Gasteiger partial charge in [0.1, 0.15) is 17.3 Å². The smallest absolute Gasteiger partial charge is 0.411 e. The van der Waals surface area contributed by atoms with Crippen molar-refractivity contribution in [2.24, 2.45) is 5.73 Å². The first-order valence-corrected chi connectivity index (χ1v) is 6.08. The summed E-state index contributed by atoms with van der Waals surface area (Å²) >= 11 is 0. The first-order chi connectivity index (χ1) is 8.62. The van der Waals surface area contributed by atoms with Crippen molar-refractivity contribution in [1.82, 2.24) is 4.90 Å². The molecule has 19 heavy (non-hydrogen) atoms. The number of carbonyl (C=O) groups is 2. The number of halogens is 1. The Balaban J connectivity index is 2.89. The maximum absolute atomic E-state index is 14.2. The lowest BCUT2D eigenvalue weighted by Gasteiger charge is -2.27. The van der Waals surface area contributed by atoms with Crippen LogP contribution in [-0.4, -0.2) is 54.5 Å². The topological polar surface area (TPSA) is 81.9 Å². The van der Waals surface area contributed by atoms with Crippen LogP contribution in [0.4, 0.5) is 9.18 Å². The van der Waals surface area contributed by atoms with Crippen LogP contribution in [0.2, 0.25) is 0 Å². The van der Waals surface area contributed by atoms with Crippen LogP contribution in [0.1, 0.15) is 27.2 Å². The molecular formula is C12H21FN2O4. The fourth-order valence-corrected chi connectivity index (χ4v) is 1.94. The first kappa shape index (κ1) is 15.7. The lowest BCUT2D eigenvalue weighted by Crippen LogP contribution is -2.44. The number of nitrogens with zero attached hydrogens (tertiary/aromatic N) is 1. The van der Waals surface area contributed by atoms with Gasteiger partial charge in [0.25, 0.3) is 0 Å². The highest BCUT2D eigenvalue weighted by atomic mass is 19.1. The van der Waals surface area contributed by atoms with Crippen LogP contribution in [0.25, 0.3) is 0 Å². The second kappa shape index (κ2) is 5.32. The van der Waals surface area contributed by atoms with Crippen LogP contribution in [0, 0.1) is 0 Å². The van der Waals surface area contributed by atoms with E-state index in [1.165, 1.54) is 7.11 Å². The van der Waals surface area contributed by atoms with Crippen LogP contribution in [0.5, 0.6) is 0 Å². The second-order valence-corrected chi connectivity index (χ2v) is 5.71. The minimum Gasteiger partial charge on any atom is -0.467 e. The van der Waals surface area contributed by atoms with E-state index in [1.807, 2.05) is 0 Å². The molecule has 1 aliphatic rings. The summed E-state index contributed by atoms with van der Waals surface area (Å²) < 4.78 is 24.0. The van der Waals surface area contributed by atoms with Crippen LogP contribution < -0.4 is 5.73 Å². The summed E-state index contributed by atoms with van der Waals surface area (Å²) in [6.07, 6.45) is -0.911. The van der Waals surface area contributed by atoms with Gasteiger partial charge in [0.15, 0.2) is 0 Å². The molecular weight excluding hydrogens is 255 g/mol. The van der Waals surface area contributed by atoms with Gasteiger partial charge in [-0.2, -0.15) is 0 Å². The Morgan fingerprint density at radius 3 is 2.47 bits per heavy atom. The molecule has 2 atom stereocenters. The number of likely N-dealkylation sites (tertiary alicyclic amines) is 1. The maximum Gasteiger partial charge on any atom is 0.411 e. The quantitative estimate of drug-likeness (QED) is 0.756. The van der Waals surface area contributed by atoms with E-state index in [9.17, 15) is 14.0 Å². The number of esters is 1. The van der Waals surface area contributed by atoms with E-state index in [1.54, 1.807) is 20.8 Å². The Morgan fingerprint density at radius 1 is 1.47 bits per heavy atom. The van der Waals surface area contributed by atoms with Crippen LogP contribution in [0.3, 0.4) is 0 Å². The number of ether oxygens (including phenoxy) is 2. The molecule has 0 aromatic heterocycles.